The van der Waals surface area contributed by atoms with Crippen molar-refractivity contribution in [3.8, 4) is 11.5 Å². The molecule has 0 bridgehead atoms. The Bertz CT molecular complexity index is 1230. The normalized spacial score (nSPS) is 16.5. The van der Waals surface area contributed by atoms with Crippen LogP contribution in [0.4, 0.5) is 0 Å². The highest BCUT2D eigenvalue weighted by molar-refractivity contribution is 6.05. The molecule has 2 unspecified atom stereocenters. The standard InChI is InChI=1S/C28H28N2O7/c1-34-22-14-13-21(24(15-22)35-2)16-30-23(18-36-28(33)20-11-7-4-8-12-20)25(27(30)32)26(31)29-37-17-19-9-5-3-6-10-19/h3-15,23,25H,16-18H2,1-2H3,(H,29,31). The summed E-state index contributed by atoms with van der Waals surface area (Å²) in [6.45, 7) is 0.150. The average Bonchev–Trinajstić information content (AvgIpc) is 2.94. The number of carbonyl (C=O) groups is 3. The molecule has 1 aliphatic heterocycles. The number of methoxy groups -OCH3 is 2. The van der Waals surface area contributed by atoms with E-state index in [0.29, 0.717) is 17.1 Å². The van der Waals surface area contributed by atoms with Gasteiger partial charge in [-0.2, -0.15) is 0 Å². The smallest absolute Gasteiger partial charge is 0.338 e. The van der Waals surface area contributed by atoms with E-state index in [1.54, 1.807) is 55.6 Å². The molecule has 9 nitrogen and oxygen atoms in total. The second-order valence-electron chi connectivity index (χ2n) is 8.39. The molecule has 1 heterocycles. The molecule has 3 aromatic carbocycles. The molecule has 192 valence electrons. The van der Waals surface area contributed by atoms with E-state index in [-0.39, 0.29) is 19.8 Å². The average molecular weight is 505 g/mol. The number of esters is 1. The number of carbonyl (C=O) groups excluding carboxylic acids is 3. The summed E-state index contributed by atoms with van der Waals surface area (Å²) in [6, 6.07) is 22.4. The van der Waals surface area contributed by atoms with Crippen molar-refractivity contribution in [3.63, 3.8) is 0 Å². The molecule has 0 saturated carbocycles. The molecule has 0 aliphatic carbocycles. The monoisotopic (exact) mass is 504 g/mol. The van der Waals surface area contributed by atoms with Crippen LogP contribution < -0.4 is 15.0 Å². The number of benzene rings is 3. The predicted molar refractivity (Wildman–Crippen MR) is 133 cm³/mol. The van der Waals surface area contributed by atoms with Crippen LogP contribution in [0.25, 0.3) is 0 Å². The molecule has 1 aliphatic rings. The summed E-state index contributed by atoms with van der Waals surface area (Å²) < 4.78 is 16.2. The molecular formula is C28H28N2O7. The fraction of sp³-hybridized carbons (Fsp3) is 0.250. The van der Waals surface area contributed by atoms with E-state index >= 15 is 0 Å². The number of nitrogens with one attached hydrogen (secondary N) is 1. The second-order valence-corrected chi connectivity index (χ2v) is 8.39. The Balaban J connectivity index is 1.46. The highest BCUT2D eigenvalue weighted by Crippen LogP contribution is 2.33. The van der Waals surface area contributed by atoms with Gasteiger partial charge in [0.2, 0.25) is 5.91 Å². The number of amides is 2. The molecule has 0 radical (unpaired) electrons. The van der Waals surface area contributed by atoms with Crippen LogP contribution in [0.5, 0.6) is 11.5 Å². The lowest BCUT2D eigenvalue weighted by atomic mass is 9.86. The van der Waals surface area contributed by atoms with Gasteiger partial charge in [0.15, 0.2) is 0 Å². The zero-order chi connectivity index (χ0) is 26.2. The number of likely N-dealkylation sites (tertiary alicyclic amines) is 1. The number of hydrogen-bond acceptors (Lipinski definition) is 7. The van der Waals surface area contributed by atoms with Crippen molar-refractivity contribution in [3.05, 3.63) is 95.6 Å². The van der Waals surface area contributed by atoms with Crippen molar-refractivity contribution >= 4 is 17.8 Å². The summed E-state index contributed by atoms with van der Waals surface area (Å²) >= 11 is 0. The predicted octanol–water partition coefficient (Wildman–Crippen LogP) is 3.14. The molecule has 0 aromatic heterocycles. The SMILES string of the molecule is COc1ccc(CN2C(=O)C(C(=O)NOCc3ccccc3)C2COC(=O)c2ccccc2)c(OC)c1. The summed E-state index contributed by atoms with van der Waals surface area (Å²) in [6.07, 6.45) is 0. The molecule has 4 rings (SSSR count). The van der Waals surface area contributed by atoms with Crippen molar-refractivity contribution in [1.29, 1.82) is 0 Å². The molecule has 0 spiro atoms. The molecule has 37 heavy (non-hydrogen) atoms. The van der Waals surface area contributed by atoms with Crippen LogP contribution in [0.15, 0.2) is 78.9 Å². The van der Waals surface area contributed by atoms with Crippen molar-refractivity contribution in [2.24, 2.45) is 5.92 Å². The Kier molecular flexibility index (Phi) is 8.37. The third kappa shape index (κ3) is 6.07. The summed E-state index contributed by atoms with van der Waals surface area (Å²) in [5.41, 5.74) is 4.33. The summed E-state index contributed by atoms with van der Waals surface area (Å²) in [5.74, 6) is -1.47. The van der Waals surface area contributed by atoms with Crippen molar-refractivity contribution in [2.75, 3.05) is 20.8 Å². The molecular weight excluding hydrogens is 476 g/mol. The third-order valence-corrected chi connectivity index (χ3v) is 6.10. The molecule has 2 amide bonds. The van der Waals surface area contributed by atoms with Crippen molar-refractivity contribution < 1.29 is 33.4 Å². The Labute approximate surface area is 214 Å². The van der Waals surface area contributed by atoms with Crippen LogP contribution in [0, 0.1) is 5.92 Å². The first-order valence-electron chi connectivity index (χ1n) is 11.7. The highest BCUT2D eigenvalue weighted by atomic mass is 16.7. The lowest BCUT2D eigenvalue weighted by Crippen LogP contribution is -2.66. The van der Waals surface area contributed by atoms with Crippen LogP contribution in [-0.2, 0) is 32.3 Å². The van der Waals surface area contributed by atoms with Gasteiger partial charge in [0.1, 0.15) is 24.0 Å². The zero-order valence-corrected chi connectivity index (χ0v) is 20.6. The van der Waals surface area contributed by atoms with Crippen LogP contribution in [0.2, 0.25) is 0 Å². The second kappa shape index (κ2) is 12.0. The summed E-state index contributed by atoms with van der Waals surface area (Å²) in [7, 11) is 3.07. The van der Waals surface area contributed by atoms with Crippen LogP contribution in [-0.4, -0.2) is 49.6 Å². The van der Waals surface area contributed by atoms with Gasteiger partial charge in [0, 0.05) is 18.2 Å². The Morgan fingerprint density at radius 1 is 0.919 bits per heavy atom. The third-order valence-electron chi connectivity index (χ3n) is 6.10. The zero-order valence-electron chi connectivity index (χ0n) is 20.6. The van der Waals surface area contributed by atoms with Crippen LogP contribution in [0.3, 0.4) is 0 Å². The van der Waals surface area contributed by atoms with Gasteiger partial charge in [-0.05, 0) is 29.8 Å². The molecule has 3 aromatic rings. The first-order valence-corrected chi connectivity index (χ1v) is 11.7. The van der Waals surface area contributed by atoms with Crippen molar-refractivity contribution in [1.82, 2.24) is 10.4 Å². The Morgan fingerprint density at radius 3 is 2.30 bits per heavy atom. The quantitative estimate of drug-likeness (QED) is 0.185. The van der Waals surface area contributed by atoms with Gasteiger partial charge < -0.3 is 19.1 Å². The van der Waals surface area contributed by atoms with Crippen molar-refractivity contribution in [2.45, 2.75) is 19.2 Å². The number of rotatable bonds is 11. The minimum Gasteiger partial charge on any atom is -0.497 e. The van der Waals surface area contributed by atoms with E-state index in [9.17, 15) is 14.4 Å². The topological polar surface area (TPSA) is 103 Å². The Morgan fingerprint density at radius 2 is 1.62 bits per heavy atom. The number of ether oxygens (including phenoxy) is 3. The van der Waals surface area contributed by atoms with Gasteiger partial charge in [-0.15, -0.1) is 0 Å². The number of hydroxylamine groups is 1. The first kappa shape index (κ1) is 25.7. The molecule has 1 N–H and O–H groups in total. The van der Waals surface area contributed by atoms with E-state index in [1.165, 1.54) is 12.0 Å². The minimum absolute atomic E-state index is 0.147. The first-order chi connectivity index (χ1) is 18.0. The van der Waals surface area contributed by atoms with Gasteiger partial charge in [-0.3, -0.25) is 14.4 Å². The number of hydrogen-bond donors (Lipinski definition) is 1. The van der Waals surface area contributed by atoms with Gasteiger partial charge in [0.05, 0.1) is 32.4 Å². The number of β-lactam (4-membered cyclic amide) rings is 1. The highest BCUT2D eigenvalue weighted by Gasteiger charge is 2.52. The van der Waals surface area contributed by atoms with E-state index in [1.807, 2.05) is 30.3 Å². The molecule has 9 heteroatoms. The van der Waals surface area contributed by atoms with Crippen LogP contribution in [0.1, 0.15) is 21.5 Å². The van der Waals surface area contributed by atoms with E-state index in [2.05, 4.69) is 5.48 Å². The molecule has 1 saturated heterocycles. The fourth-order valence-electron chi connectivity index (χ4n) is 4.09. The van der Waals surface area contributed by atoms with E-state index < -0.39 is 29.7 Å². The lowest BCUT2D eigenvalue weighted by Gasteiger charge is -2.45. The summed E-state index contributed by atoms with van der Waals surface area (Å²) in [5, 5.41) is 0. The van der Waals surface area contributed by atoms with Crippen LogP contribution >= 0.6 is 0 Å². The van der Waals surface area contributed by atoms with Gasteiger partial charge in [-0.1, -0.05) is 48.5 Å². The van der Waals surface area contributed by atoms with Gasteiger partial charge in [-0.25, -0.2) is 10.3 Å². The molecule has 2 atom stereocenters. The molecule has 1 fully saturated rings. The minimum atomic E-state index is -1.07. The number of nitrogens with zero attached hydrogens (tertiary/aromatic N) is 1. The van der Waals surface area contributed by atoms with E-state index in [4.69, 9.17) is 19.0 Å². The fourth-order valence-corrected chi connectivity index (χ4v) is 4.09. The van der Waals surface area contributed by atoms with Gasteiger partial charge >= 0.3 is 5.97 Å². The summed E-state index contributed by atoms with van der Waals surface area (Å²) in [4.78, 5) is 45.3. The maximum absolute atomic E-state index is 13.1. The maximum Gasteiger partial charge on any atom is 0.338 e. The van der Waals surface area contributed by atoms with Gasteiger partial charge in [0.25, 0.3) is 5.91 Å². The Hall–Kier alpha value is -4.37. The largest absolute Gasteiger partial charge is 0.497 e. The maximum atomic E-state index is 13.1. The van der Waals surface area contributed by atoms with E-state index in [0.717, 1.165) is 11.1 Å². The lowest BCUT2D eigenvalue weighted by molar-refractivity contribution is -0.171.